The van der Waals surface area contributed by atoms with Crippen LogP contribution in [0.4, 0.5) is 0 Å². The Hall–Kier alpha value is -2.76. The summed E-state index contributed by atoms with van der Waals surface area (Å²) in [6.07, 6.45) is 0.715. The van der Waals surface area contributed by atoms with Gasteiger partial charge in [0, 0.05) is 29.2 Å². The van der Waals surface area contributed by atoms with E-state index in [1.807, 2.05) is 17.7 Å². The molecule has 3 rings (SSSR count). The minimum Gasteiger partial charge on any atom is -0.497 e. The first-order valence-electron chi connectivity index (χ1n) is 6.81. The fourth-order valence-electron chi connectivity index (χ4n) is 3.14. The topological polar surface area (TPSA) is 88.8 Å². The Kier molecular flexibility index (Phi) is 3.16. The van der Waals surface area contributed by atoms with Crippen LogP contribution in [0.15, 0.2) is 23.8 Å². The third-order valence-corrected chi connectivity index (χ3v) is 4.16. The number of carbonyl (C=O) groups is 2. The molecule has 1 aromatic carbocycles. The molecule has 1 aliphatic carbocycles. The smallest absolute Gasteiger partial charge is 0.336 e. The number of aliphatic carboxylic acids is 2. The summed E-state index contributed by atoms with van der Waals surface area (Å²) in [5.74, 6) is -1.79. The Morgan fingerprint density at radius 2 is 1.91 bits per heavy atom. The Morgan fingerprint density at radius 3 is 2.50 bits per heavy atom. The van der Waals surface area contributed by atoms with Crippen molar-refractivity contribution >= 4 is 28.4 Å². The average Bonchev–Trinajstić information content (AvgIpc) is 2.78. The molecule has 0 aliphatic heterocycles. The van der Waals surface area contributed by atoms with Crippen LogP contribution in [-0.2, 0) is 23.1 Å². The SMILES string of the molecule is COc1ccc2c(c1)c1c(n2C)CCC(C(=O)O)=C1C(=O)O. The van der Waals surface area contributed by atoms with Gasteiger partial charge >= 0.3 is 11.9 Å². The number of hydrogen-bond donors (Lipinski definition) is 2. The summed E-state index contributed by atoms with van der Waals surface area (Å²) in [6, 6.07) is 5.41. The van der Waals surface area contributed by atoms with Crippen molar-refractivity contribution in [1.82, 2.24) is 4.57 Å². The van der Waals surface area contributed by atoms with Crippen molar-refractivity contribution < 1.29 is 24.5 Å². The molecule has 1 aromatic heterocycles. The summed E-state index contributed by atoms with van der Waals surface area (Å²) in [4.78, 5) is 23.1. The average molecular weight is 301 g/mol. The number of methoxy groups -OCH3 is 1. The highest BCUT2D eigenvalue weighted by Crippen LogP contribution is 2.39. The van der Waals surface area contributed by atoms with Crippen LogP contribution in [0, 0.1) is 0 Å². The monoisotopic (exact) mass is 301 g/mol. The van der Waals surface area contributed by atoms with Gasteiger partial charge in [0.15, 0.2) is 0 Å². The van der Waals surface area contributed by atoms with Gasteiger partial charge < -0.3 is 19.5 Å². The van der Waals surface area contributed by atoms with Crippen LogP contribution < -0.4 is 4.74 Å². The van der Waals surface area contributed by atoms with E-state index in [1.165, 1.54) is 7.11 Å². The quantitative estimate of drug-likeness (QED) is 0.905. The number of benzene rings is 1. The van der Waals surface area contributed by atoms with Gasteiger partial charge in [0.25, 0.3) is 0 Å². The number of carboxylic acids is 2. The van der Waals surface area contributed by atoms with Gasteiger partial charge in [-0.15, -0.1) is 0 Å². The van der Waals surface area contributed by atoms with E-state index in [9.17, 15) is 19.8 Å². The van der Waals surface area contributed by atoms with Crippen molar-refractivity contribution in [2.75, 3.05) is 7.11 Å². The maximum absolute atomic E-state index is 11.7. The molecule has 0 saturated heterocycles. The van der Waals surface area contributed by atoms with Crippen LogP contribution in [0.25, 0.3) is 16.5 Å². The van der Waals surface area contributed by atoms with Gasteiger partial charge in [-0.3, -0.25) is 0 Å². The number of aryl methyl sites for hydroxylation is 1. The van der Waals surface area contributed by atoms with Gasteiger partial charge in [0.2, 0.25) is 0 Å². The molecule has 0 bridgehead atoms. The highest BCUT2D eigenvalue weighted by Gasteiger charge is 2.32. The van der Waals surface area contributed by atoms with E-state index in [0.29, 0.717) is 23.1 Å². The lowest BCUT2D eigenvalue weighted by atomic mass is 9.88. The Balaban J connectivity index is 2.43. The molecular formula is C16H15NO5. The Bertz CT molecular complexity index is 844. The zero-order chi connectivity index (χ0) is 16.0. The second-order valence-corrected chi connectivity index (χ2v) is 5.23. The van der Waals surface area contributed by atoms with E-state index in [2.05, 4.69) is 0 Å². The highest BCUT2D eigenvalue weighted by molar-refractivity contribution is 6.25. The van der Waals surface area contributed by atoms with Crippen LogP contribution >= 0.6 is 0 Å². The molecule has 2 N–H and O–H groups in total. The molecule has 0 amide bonds. The molecule has 0 atom stereocenters. The minimum atomic E-state index is -1.21. The zero-order valence-electron chi connectivity index (χ0n) is 12.2. The summed E-state index contributed by atoms with van der Waals surface area (Å²) >= 11 is 0. The van der Waals surface area contributed by atoms with Crippen molar-refractivity contribution in [1.29, 1.82) is 0 Å². The molecule has 22 heavy (non-hydrogen) atoms. The van der Waals surface area contributed by atoms with Crippen molar-refractivity contribution in [3.05, 3.63) is 35.0 Å². The molecule has 0 fully saturated rings. The molecule has 0 unspecified atom stereocenters. The molecule has 0 radical (unpaired) electrons. The third-order valence-electron chi connectivity index (χ3n) is 4.16. The van der Waals surface area contributed by atoms with E-state index in [-0.39, 0.29) is 17.6 Å². The van der Waals surface area contributed by atoms with E-state index in [4.69, 9.17) is 4.74 Å². The molecule has 114 valence electrons. The number of ether oxygens (including phenoxy) is 1. The Labute approximate surface area is 126 Å². The van der Waals surface area contributed by atoms with Gasteiger partial charge in [-0.2, -0.15) is 0 Å². The lowest BCUT2D eigenvalue weighted by Gasteiger charge is -2.17. The van der Waals surface area contributed by atoms with Crippen LogP contribution in [0.1, 0.15) is 17.7 Å². The second-order valence-electron chi connectivity index (χ2n) is 5.23. The summed E-state index contributed by atoms with van der Waals surface area (Å²) in [7, 11) is 3.39. The van der Waals surface area contributed by atoms with Gasteiger partial charge in [-0.25, -0.2) is 9.59 Å². The number of hydrogen-bond acceptors (Lipinski definition) is 3. The van der Waals surface area contributed by atoms with Gasteiger partial charge in [0.05, 0.1) is 18.3 Å². The fraction of sp³-hybridized carbons (Fsp3) is 0.250. The number of rotatable bonds is 3. The zero-order valence-corrected chi connectivity index (χ0v) is 12.2. The molecule has 1 heterocycles. The van der Waals surface area contributed by atoms with Crippen LogP contribution in [-0.4, -0.2) is 33.8 Å². The van der Waals surface area contributed by atoms with Crippen molar-refractivity contribution in [2.45, 2.75) is 12.8 Å². The van der Waals surface area contributed by atoms with Crippen molar-refractivity contribution in [3.8, 4) is 5.75 Å². The molecular weight excluding hydrogens is 286 g/mol. The number of fused-ring (bicyclic) bond motifs is 3. The predicted octanol–water partition coefficient (Wildman–Crippen LogP) is 2.06. The standard InChI is InChI=1S/C16H15NO5/c1-17-11-5-3-8(22-2)7-10(11)13-12(17)6-4-9(15(18)19)14(13)16(20)21/h3,5,7H,4,6H2,1-2H3,(H,18,19)(H,20,21). The largest absolute Gasteiger partial charge is 0.497 e. The first kappa shape index (κ1) is 14.2. The van der Waals surface area contributed by atoms with Crippen LogP contribution in [0.5, 0.6) is 5.75 Å². The molecule has 0 spiro atoms. The minimum absolute atomic E-state index is 0.0460. The summed E-state index contributed by atoms with van der Waals surface area (Å²) < 4.78 is 7.13. The molecule has 2 aromatic rings. The first-order valence-corrected chi connectivity index (χ1v) is 6.81. The van der Waals surface area contributed by atoms with Gasteiger partial charge in [-0.1, -0.05) is 0 Å². The summed E-state index contributed by atoms with van der Waals surface area (Å²) in [6.45, 7) is 0. The molecule has 6 heteroatoms. The van der Waals surface area contributed by atoms with Crippen LogP contribution in [0.3, 0.4) is 0 Å². The fourth-order valence-corrected chi connectivity index (χ4v) is 3.14. The predicted molar refractivity (Wildman–Crippen MR) is 80.0 cm³/mol. The first-order chi connectivity index (χ1) is 10.5. The number of nitrogens with zero attached hydrogens (tertiary/aromatic N) is 1. The summed E-state index contributed by atoms with van der Waals surface area (Å²) in [5, 5.41) is 19.5. The van der Waals surface area contributed by atoms with Crippen molar-refractivity contribution in [3.63, 3.8) is 0 Å². The second kappa shape index (κ2) is 4.91. The van der Waals surface area contributed by atoms with Crippen LogP contribution in [0.2, 0.25) is 0 Å². The van der Waals surface area contributed by atoms with Gasteiger partial charge in [-0.05, 0) is 31.0 Å². The highest BCUT2D eigenvalue weighted by atomic mass is 16.5. The van der Waals surface area contributed by atoms with E-state index >= 15 is 0 Å². The van der Waals surface area contributed by atoms with E-state index < -0.39 is 11.9 Å². The van der Waals surface area contributed by atoms with Gasteiger partial charge in [0.1, 0.15) is 5.75 Å². The number of carboxylic acid groups (broad SMARTS) is 2. The lowest BCUT2D eigenvalue weighted by molar-refractivity contribution is -0.134. The van der Waals surface area contributed by atoms with E-state index in [0.717, 1.165) is 11.2 Å². The summed E-state index contributed by atoms with van der Waals surface area (Å²) in [5.41, 5.74) is 2.03. The maximum atomic E-state index is 11.7. The molecule has 6 nitrogen and oxygen atoms in total. The molecule has 1 aliphatic rings. The van der Waals surface area contributed by atoms with Crippen molar-refractivity contribution in [2.24, 2.45) is 7.05 Å². The maximum Gasteiger partial charge on any atom is 0.336 e. The number of aromatic nitrogens is 1. The lowest BCUT2D eigenvalue weighted by Crippen LogP contribution is -2.17. The normalized spacial score (nSPS) is 14.1. The third kappa shape index (κ3) is 1.88. The molecule has 0 saturated carbocycles. The Morgan fingerprint density at radius 1 is 1.18 bits per heavy atom. The van der Waals surface area contributed by atoms with E-state index in [1.54, 1.807) is 12.1 Å².